The number of nitrogens with zero attached hydrogens (tertiary/aromatic N) is 2. The monoisotopic (exact) mass is 365 g/mol. The number of methoxy groups -OCH3 is 1. The van der Waals surface area contributed by atoms with E-state index >= 15 is 0 Å². The van der Waals surface area contributed by atoms with Gasteiger partial charge >= 0.3 is 0 Å². The van der Waals surface area contributed by atoms with Crippen molar-refractivity contribution < 1.29 is 9.53 Å². The second kappa shape index (κ2) is 8.25. The van der Waals surface area contributed by atoms with Gasteiger partial charge in [0, 0.05) is 17.7 Å². The maximum Gasteiger partial charge on any atom is 0.254 e. The molecule has 1 unspecified atom stereocenters. The molecule has 0 spiro atoms. The van der Waals surface area contributed by atoms with Crippen molar-refractivity contribution in [3.8, 4) is 16.9 Å². The molecule has 2 aromatic rings. The SMILES string of the molecule is CCCCC1C=CCN1C(=O)c1ccc(-c2cc(OC)c(C)nc2N)cc1. The molecule has 0 saturated carbocycles. The number of carbonyl (C=O) groups is 1. The molecule has 2 N–H and O–H groups in total. The predicted octanol–water partition coefficient (Wildman–Crippen LogP) is 4.22. The number of nitrogen functional groups attached to an aromatic ring is 1. The topological polar surface area (TPSA) is 68.5 Å². The van der Waals surface area contributed by atoms with E-state index in [1.165, 1.54) is 0 Å². The lowest BCUT2D eigenvalue weighted by atomic mass is 10.0. The zero-order valence-corrected chi connectivity index (χ0v) is 16.2. The highest BCUT2D eigenvalue weighted by Gasteiger charge is 2.25. The van der Waals surface area contributed by atoms with Crippen molar-refractivity contribution in [1.29, 1.82) is 0 Å². The lowest BCUT2D eigenvalue weighted by Gasteiger charge is -2.24. The molecular formula is C22H27N3O2. The number of benzene rings is 1. The number of anilines is 1. The first-order chi connectivity index (χ1) is 13.0. The Hall–Kier alpha value is -2.82. The molecular weight excluding hydrogens is 338 g/mol. The molecule has 142 valence electrons. The van der Waals surface area contributed by atoms with Crippen LogP contribution in [0.25, 0.3) is 11.1 Å². The standard InChI is InChI=1S/C22H27N3O2/c1-4-5-7-18-8-6-13-25(18)22(26)17-11-9-16(10-12-17)19-14-20(27-3)15(2)24-21(19)23/h6,8-12,14,18H,4-5,7,13H2,1-3H3,(H2,23,24). The lowest BCUT2D eigenvalue weighted by Crippen LogP contribution is -2.36. The van der Waals surface area contributed by atoms with E-state index in [1.54, 1.807) is 7.11 Å². The number of aryl methyl sites for hydroxylation is 1. The third-order valence-corrected chi connectivity index (χ3v) is 5.03. The molecule has 5 nitrogen and oxygen atoms in total. The summed E-state index contributed by atoms with van der Waals surface area (Å²) in [6.07, 6.45) is 7.50. The molecule has 0 saturated heterocycles. The number of hydrogen-bond donors (Lipinski definition) is 1. The molecule has 0 bridgehead atoms. The fraction of sp³-hybridized carbons (Fsp3) is 0.364. The average molecular weight is 365 g/mol. The molecule has 5 heteroatoms. The van der Waals surface area contributed by atoms with Crippen LogP contribution in [-0.4, -0.2) is 35.5 Å². The van der Waals surface area contributed by atoms with E-state index in [0.717, 1.165) is 36.1 Å². The molecule has 2 heterocycles. The highest BCUT2D eigenvalue weighted by atomic mass is 16.5. The summed E-state index contributed by atoms with van der Waals surface area (Å²) in [6, 6.07) is 9.65. The van der Waals surface area contributed by atoms with Crippen molar-refractivity contribution in [2.24, 2.45) is 0 Å². The zero-order valence-electron chi connectivity index (χ0n) is 16.2. The summed E-state index contributed by atoms with van der Waals surface area (Å²) in [6.45, 7) is 4.71. The first kappa shape index (κ1) is 19.0. The van der Waals surface area contributed by atoms with Crippen molar-refractivity contribution in [2.45, 2.75) is 39.2 Å². The van der Waals surface area contributed by atoms with Gasteiger partial charge in [-0.3, -0.25) is 4.79 Å². The van der Waals surface area contributed by atoms with Gasteiger partial charge in [-0.25, -0.2) is 4.98 Å². The van der Waals surface area contributed by atoms with Crippen molar-refractivity contribution in [3.05, 3.63) is 53.7 Å². The number of unbranched alkanes of at least 4 members (excludes halogenated alkanes) is 1. The van der Waals surface area contributed by atoms with Crippen LogP contribution in [0, 0.1) is 6.92 Å². The zero-order chi connectivity index (χ0) is 19.4. The van der Waals surface area contributed by atoms with Gasteiger partial charge in [0.15, 0.2) is 0 Å². The third-order valence-electron chi connectivity index (χ3n) is 5.03. The summed E-state index contributed by atoms with van der Waals surface area (Å²) in [4.78, 5) is 19.2. The molecule has 1 amide bonds. The van der Waals surface area contributed by atoms with Crippen molar-refractivity contribution >= 4 is 11.7 Å². The quantitative estimate of drug-likeness (QED) is 0.778. The van der Waals surface area contributed by atoms with Crippen molar-refractivity contribution in [3.63, 3.8) is 0 Å². The Bertz CT molecular complexity index is 843. The second-order valence-corrected chi connectivity index (χ2v) is 6.88. The van der Waals surface area contributed by atoms with Crippen LogP contribution in [0.15, 0.2) is 42.5 Å². The van der Waals surface area contributed by atoms with Gasteiger partial charge in [0.05, 0.1) is 18.8 Å². The second-order valence-electron chi connectivity index (χ2n) is 6.88. The Morgan fingerprint density at radius 3 is 2.74 bits per heavy atom. The largest absolute Gasteiger partial charge is 0.495 e. The van der Waals surface area contributed by atoms with E-state index in [-0.39, 0.29) is 11.9 Å². The summed E-state index contributed by atoms with van der Waals surface area (Å²) in [5.41, 5.74) is 9.25. The third kappa shape index (κ3) is 3.97. The van der Waals surface area contributed by atoms with Crippen LogP contribution in [0.1, 0.15) is 42.2 Å². The van der Waals surface area contributed by atoms with Gasteiger partial charge in [0.2, 0.25) is 0 Å². The smallest absolute Gasteiger partial charge is 0.254 e. The summed E-state index contributed by atoms with van der Waals surface area (Å²) < 4.78 is 5.35. The summed E-state index contributed by atoms with van der Waals surface area (Å²) in [5, 5.41) is 0. The maximum absolute atomic E-state index is 12.9. The highest BCUT2D eigenvalue weighted by molar-refractivity contribution is 5.95. The molecule has 27 heavy (non-hydrogen) atoms. The fourth-order valence-electron chi connectivity index (χ4n) is 3.47. The van der Waals surface area contributed by atoms with Gasteiger partial charge in [-0.15, -0.1) is 0 Å². The number of hydrogen-bond acceptors (Lipinski definition) is 4. The molecule has 1 aliphatic rings. The van der Waals surface area contributed by atoms with E-state index in [2.05, 4.69) is 24.1 Å². The van der Waals surface area contributed by atoms with Gasteiger partial charge in [0.25, 0.3) is 5.91 Å². The summed E-state index contributed by atoms with van der Waals surface area (Å²) in [7, 11) is 1.62. The molecule has 0 aliphatic carbocycles. The minimum Gasteiger partial charge on any atom is -0.495 e. The number of carbonyl (C=O) groups excluding carboxylic acids is 1. The van der Waals surface area contributed by atoms with E-state index in [1.807, 2.05) is 42.2 Å². The molecule has 1 aromatic heterocycles. The Balaban J connectivity index is 1.80. The number of pyridine rings is 1. The van der Waals surface area contributed by atoms with E-state index in [4.69, 9.17) is 10.5 Å². The lowest BCUT2D eigenvalue weighted by molar-refractivity contribution is 0.0743. The number of aromatic nitrogens is 1. The minimum absolute atomic E-state index is 0.0697. The molecule has 0 fully saturated rings. The van der Waals surface area contributed by atoms with Crippen LogP contribution in [0.3, 0.4) is 0 Å². The van der Waals surface area contributed by atoms with E-state index in [0.29, 0.717) is 23.7 Å². The number of ether oxygens (including phenoxy) is 1. The fourth-order valence-corrected chi connectivity index (χ4v) is 3.47. The Morgan fingerprint density at radius 2 is 2.07 bits per heavy atom. The van der Waals surface area contributed by atoms with Crippen LogP contribution in [0.5, 0.6) is 5.75 Å². The Morgan fingerprint density at radius 1 is 1.33 bits per heavy atom. The summed E-state index contributed by atoms with van der Waals surface area (Å²) in [5.74, 6) is 1.22. The number of rotatable bonds is 6. The molecule has 3 rings (SSSR count). The summed E-state index contributed by atoms with van der Waals surface area (Å²) >= 11 is 0. The van der Waals surface area contributed by atoms with Crippen molar-refractivity contribution in [2.75, 3.05) is 19.4 Å². The van der Waals surface area contributed by atoms with Gasteiger partial charge in [0.1, 0.15) is 11.6 Å². The van der Waals surface area contributed by atoms with Gasteiger partial charge in [-0.05, 0) is 37.1 Å². The Labute approximate surface area is 160 Å². The Kier molecular flexibility index (Phi) is 5.79. The van der Waals surface area contributed by atoms with Crippen LogP contribution in [0.4, 0.5) is 5.82 Å². The molecule has 1 atom stereocenters. The molecule has 0 radical (unpaired) electrons. The van der Waals surface area contributed by atoms with Crippen molar-refractivity contribution in [1.82, 2.24) is 9.88 Å². The van der Waals surface area contributed by atoms with Gasteiger partial charge in [-0.1, -0.05) is 44.1 Å². The molecule has 1 aromatic carbocycles. The average Bonchev–Trinajstić information content (AvgIpc) is 3.14. The predicted molar refractivity (Wildman–Crippen MR) is 109 cm³/mol. The highest BCUT2D eigenvalue weighted by Crippen LogP contribution is 2.30. The van der Waals surface area contributed by atoms with Crippen LogP contribution >= 0.6 is 0 Å². The first-order valence-corrected chi connectivity index (χ1v) is 9.44. The number of nitrogens with two attached hydrogens (primary N) is 1. The van der Waals surface area contributed by atoms with Crippen LogP contribution < -0.4 is 10.5 Å². The van der Waals surface area contributed by atoms with Crippen LogP contribution in [0.2, 0.25) is 0 Å². The first-order valence-electron chi connectivity index (χ1n) is 9.44. The maximum atomic E-state index is 12.9. The van der Waals surface area contributed by atoms with Crippen LogP contribution in [-0.2, 0) is 0 Å². The normalized spacial score (nSPS) is 16.0. The minimum atomic E-state index is 0.0697. The number of amides is 1. The van der Waals surface area contributed by atoms with Gasteiger partial charge in [-0.2, -0.15) is 0 Å². The molecule has 1 aliphatic heterocycles. The van der Waals surface area contributed by atoms with E-state index in [9.17, 15) is 4.79 Å². The van der Waals surface area contributed by atoms with Gasteiger partial charge < -0.3 is 15.4 Å². The van der Waals surface area contributed by atoms with E-state index < -0.39 is 0 Å².